The number of hydrogen-bond acceptors (Lipinski definition) is 9. The van der Waals surface area contributed by atoms with Crippen molar-refractivity contribution in [2.24, 2.45) is 0 Å². The number of amides is 1. The molecule has 33 heavy (non-hydrogen) atoms. The summed E-state index contributed by atoms with van der Waals surface area (Å²) < 4.78 is 48.0. The van der Waals surface area contributed by atoms with Crippen molar-refractivity contribution < 1.29 is 41.1 Å². The fourth-order valence-corrected chi connectivity index (χ4v) is 13.1. The van der Waals surface area contributed by atoms with Crippen LogP contribution in [0, 0.1) is 0 Å². The molecule has 0 aliphatic heterocycles. The van der Waals surface area contributed by atoms with Gasteiger partial charge in [-0.3, -0.25) is 14.3 Å². The minimum Gasteiger partial charge on any atom is -0.466 e. The van der Waals surface area contributed by atoms with Gasteiger partial charge >= 0.3 is 20.9 Å². The third-order valence-corrected chi connectivity index (χ3v) is 12.8. The largest absolute Gasteiger partial charge is 0.501 e. The monoisotopic (exact) mass is 529 g/mol. The highest BCUT2D eigenvalue weighted by atomic mass is 31.2. The van der Waals surface area contributed by atoms with E-state index >= 15 is 0 Å². The fraction of sp³-hybridized carbons (Fsp3) is 0.900. The van der Waals surface area contributed by atoms with E-state index in [0.717, 1.165) is 0 Å². The average molecular weight is 530 g/mol. The molecule has 0 bridgehead atoms. The molecule has 0 N–H and O–H groups in total. The first kappa shape index (κ1) is 32.2. The predicted molar refractivity (Wildman–Crippen MR) is 132 cm³/mol. The Morgan fingerprint density at radius 2 is 1.33 bits per heavy atom. The van der Waals surface area contributed by atoms with Crippen LogP contribution in [0.1, 0.15) is 41.0 Å². The van der Waals surface area contributed by atoms with E-state index in [1.165, 1.54) is 4.90 Å². The third kappa shape index (κ3) is 13.6. The van der Waals surface area contributed by atoms with Crippen molar-refractivity contribution in [3.63, 3.8) is 0 Å². The zero-order valence-corrected chi connectivity index (χ0v) is 24.5. The summed E-state index contributed by atoms with van der Waals surface area (Å²) in [7, 11) is -8.72. The van der Waals surface area contributed by atoms with E-state index in [9.17, 15) is 14.2 Å². The molecule has 0 aromatic heterocycles. The summed E-state index contributed by atoms with van der Waals surface area (Å²) in [4.78, 5) is 25.7. The molecule has 1 unspecified atom stereocenters. The summed E-state index contributed by atoms with van der Waals surface area (Å²) in [5, 5.41) is 0. The van der Waals surface area contributed by atoms with Gasteiger partial charge in [-0.05, 0) is 54.3 Å². The van der Waals surface area contributed by atoms with Crippen LogP contribution in [0.25, 0.3) is 0 Å². The zero-order valence-electron chi connectivity index (χ0n) is 21.6. The van der Waals surface area contributed by atoms with E-state index in [1.54, 1.807) is 13.8 Å². The van der Waals surface area contributed by atoms with E-state index in [-0.39, 0.29) is 38.6 Å². The summed E-state index contributed by atoms with van der Waals surface area (Å²) in [6.07, 6.45) is -0.734. The van der Waals surface area contributed by atoms with Crippen molar-refractivity contribution in [1.82, 2.24) is 4.90 Å². The molecule has 1 amide bonds. The van der Waals surface area contributed by atoms with Crippen molar-refractivity contribution in [3.8, 4) is 0 Å². The van der Waals surface area contributed by atoms with Crippen LogP contribution in [0.3, 0.4) is 0 Å². The molecule has 0 heterocycles. The van der Waals surface area contributed by atoms with Crippen molar-refractivity contribution in [2.75, 3.05) is 52.0 Å². The topological polar surface area (TPSA) is 110 Å². The maximum absolute atomic E-state index is 14.1. The number of hydrogen-bond donors (Lipinski definition) is 0. The van der Waals surface area contributed by atoms with Crippen molar-refractivity contribution in [2.45, 2.75) is 66.7 Å². The first-order chi connectivity index (χ1) is 15.4. The van der Waals surface area contributed by atoms with Crippen LogP contribution in [0.2, 0.25) is 25.7 Å². The lowest BCUT2D eigenvalue weighted by Gasteiger charge is -2.34. The van der Waals surface area contributed by atoms with Gasteiger partial charge in [0, 0.05) is 38.6 Å². The lowest BCUT2D eigenvalue weighted by atomic mass is 10.4. The van der Waals surface area contributed by atoms with Crippen LogP contribution in [-0.2, 0) is 36.3 Å². The molecule has 0 fully saturated rings. The Bertz CT molecular complexity index is 614. The Morgan fingerprint density at radius 3 is 1.76 bits per heavy atom. The Hall–Kier alpha value is -0.756. The predicted octanol–water partition coefficient (Wildman–Crippen LogP) is 4.53. The molecule has 0 radical (unpaired) electrons. The van der Waals surface area contributed by atoms with Crippen molar-refractivity contribution in [3.05, 3.63) is 0 Å². The minimum absolute atomic E-state index is 0.0155. The van der Waals surface area contributed by atoms with E-state index < -0.39 is 36.6 Å². The molecule has 1 atom stereocenters. The first-order valence-electron chi connectivity index (χ1n) is 11.7. The Morgan fingerprint density at radius 1 is 0.818 bits per heavy atom. The number of ether oxygens (including phenoxy) is 2. The average Bonchev–Trinajstić information content (AvgIpc) is 2.69. The molecule has 13 heteroatoms. The van der Waals surface area contributed by atoms with Crippen LogP contribution >= 0.6 is 7.37 Å². The lowest BCUT2D eigenvalue weighted by Crippen LogP contribution is -2.47. The summed E-state index contributed by atoms with van der Waals surface area (Å²) in [5.74, 6) is -0.441. The molecule has 0 rings (SSSR count). The number of nitrogens with zero attached hydrogens (tertiary/aromatic N) is 1. The number of rotatable bonds is 18. The number of carbonyl (C=O) groups is 2. The van der Waals surface area contributed by atoms with Gasteiger partial charge in [-0.1, -0.05) is 0 Å². The highest BCUT2D eigenvalue weighted by Crippen LogP contribution is 2.51. The molecule has 0 saturated carbocycles. The van der Waals surface area contributed by atoms with Crippen LogP contribution in [0.5, 0.6) is 0 Å². The molecule has 0 aromatic rings. The number of carbonyl (C=O) groups excluding carboxylic acids is 2. The third-order valence-electron chi connectivity index (χ3n) is 4.10. The van der Waals surface area contributed by atoms with E-state index in [2.05, 4.69) is 0 Å². The van der Waals surface area contributed by atoms with Crippen molar-refractivity contribution >= 4 is 36.6 Å². The molecule has 0 aromatic carbocycles. The van der Waals surface area contributed by atoms with Gasteiger partial charge in [0.15, 0.2) is 8.32 Å². The quantitative estimate of drug-likeness (QED) is 0.144. The van der Waals surface area contributed by atoms with Gasteiger partial charge < -0.3 is 27.0 Å². The summed E-state index contributed by atoms with van der Waals surface area (Å²) >= 11 is 0. The van der Waals surface area contributed by atoms with E-state index in [4.69, 9.17) is 27.0 Å². The number of esters is 1. The molecule has 0 spiro atoms. The summed E-state index contributed by atoms with van der Waals surface area (Å²) in [6, 6.07) is 0.290. The van der Waals surface area contributed by atoms with Crippen LogP contribution in [-0.4, -0.2) is 86.1 Å². The second-order valence-corrected chi connectivity index (χ2v) is 18.2. The van der Waals surface area contributed by atoms with Crippen LogP contribution < -0.4 is 0 Å². The molecule has 10 nitrogen and oxygen atoms in total. The summed E-state index contributed by atoms with van der Waals surface area (Å²) in [5.41, 5.74) is 0. The second kappa shape index (κ2) is 16.0. The van der Waals surface area contributed by atoms with Gasteiger partial charge in [-0.15, -0.1) is 0 Å². The normalized spacial score (nSPS) is 13.9. The van der Waals surface area contributed by atoms with Gasteiger partial charge in [0.25, 0.3) is 0 Å². The standard InChI is InChI=1S/C20H44NO9PSi2/c1-9-25-19(22)14-15-21(20(23)26-10-2)18-31(24,30-32(6,7)8)16-17-33(27-11-3,28-12-4)29-13-5/h9-18H2,1-8H3. The van der Waals surface area contributed by atoms with Gasteiger partial charge in [-0.2, -0.15) is 0 Å². The van der Waals surface area contributed by atoms with Crippen LogP contribution in [0.15, 0.2) is 0 Å². The molecule has 0 aliphatic rings. The molecular formula is C20H44NO9PSi2. The smallest absolute Gasteiger partial charge is 0.466 e. The highest BCUT2D eigenvalue weighted by molar-refractivity contribution is 7.60. The second-order valence-electron chi connectivity index (χ2n) is 8.13. The molecule has 0 saturated heterocycles. The van der Waals surface area contributed by atoms with Gasteiger partial charge in [-0.25, -0.2) is 4.79 Å². The highest BCUT2D eigenvalue weighted by Gasteiger charge is 2.44. The summed E-state index contributed by atoms with van der Waals surface area (Å²) in [6.45, 7) is 16.4. The molecule has 196 valence electrons. The SMILES string of the molecule is CCOC(=O)CCN(CP(=O)(CC[Si](OCC)(OCC)OCC)O[Si](C)(C)C)C(=O)OCC. The Balaban J connectivity index is 5.80. The molecular weight excluding hydrogens is 485 g/mol. The van der Waals surface area contributed by atoms with Gasteiger partial charge in [0.1, 0.15) is 0 Å². The van der Waals surface area contributed by atoms with E-state index in [1.807, 2.05) is 40.4 Å². The fourth-order valence-electron chi connectivity index (χ4n) is 3.11. The van der Waals surface area contributed by atoms with Gasteiger partial charge in [0.05, 0.1) is 25.9 Å². The maximum atomic E-state index is 14.1. The minimum atomic E-state index is -3.39. The van der Waals surface area contributed by atoms with E-state index in [0.29, 0.717) is 25.9 Å². The Labute approximate surface area is 201 Å². The van der Waals surface area contributed by atoms with Crippen LogP contribution in [0.4, 0.5) is 4.79 Å². The van der Waals surface area contributed by atoms with Crippen molar-refractivity contribution in [1.29, 1.82) is 0 Å². The molecule has 0 aliphatic carbocycles. The zero-order chi connectivity index (χ0) is 25.5. The Kier molecular flexibility index (Phi) is 15.6. The first-order valence-corrected chi connectivity index (χ1v) is 19.0. The lowest BCUT2D eigenvalue weighted by molar-refractivity contribution is -0.143. The maximum Gasteiger partial charge on any atom is 0.501 e. The van der Waals surface area contributed by atoms with Gasteiger partial charge in [0.2, 0.25) is 7.37 Å².